The molecule has 3 rings (SSSR count). The van der Waals surface area contributed by atoms with Gasteiger partial charge in [0.25, 0.3) is 0 Å². The lowest BCUT2D eigenvalue weighted by molar-refractivity contribution is 0.0476. The Bertz CT molecular complexity index is 258. The minimum atomic E-state index is 0.604. The highest BCUT2D eigenvalue weighted by molar-refractivity contribution is 4.91. The highest BCUT2D eigenvalue weighted by atomic mass is 16.6. The van der Waals surface area contributed by atoms with Crippen LogP contribution in [0.4, 0.5) is 0 Å². The lowest BCUT2D eigenvalue weighted by Crippen LogP contribution is -2.22. The average Bonchev–Trinajstić information content (AvgIpc) is 3.18. The van der Waals surface area contributed by atoms with Crippen LogP contribution in [0.1, 0.15) is 58.3 Å². The lowest BCUT2D eigenvalue weighted by atomic mass is 9.81. The second-order valence-corrected chi connectivity index (χ2v) is 6.72. The molecule has 1 heterocycles. The summed E-state index contributed by atoms with van der Waals surface area (Å²) in [6.45, 7) is 4.33. The Labute approximate surface area is 111 Å². The van der Waals surface area contributed by atoms with E-state index in [0.717, 1.165) is 31.0 Å². The molecule has 0 amide bonds. The molecule has 104 valence electrons. The van der Waals surface area contributed by atoms with Gasteiger partial charge in [0.2, 0.25) is 0 Å². The molecular formula is C16H28O2. The predicted octanol–water partition coefficient (Wildman–Crippen LogP) is 3.79. The zero-order chi connectivity index (χ0) is 12.4. The monoisotopic (exact) mass is 252 g/mol. The van der Waals surface area contributed by atoms with Crippen molar-refractivity contribution in [3.8, 4) is 0 Å². The van der Waals surface area contributed by atoms with Crippen LogP contribution in [0.15, 0.2) is 0 Å². The van der Waals surface area contributed by atoms with Crippen molar-refractivity contribution in [2.75, 3.05) is 13.2 Å². The summed E-state index contributed by atoms with van der Waals surface area (Å²) in [6.07, 6.45) is 12.1. The average molecular weight is 252 g/mol. The van der Waals surface area contributed by atoms with E-state index in [4.69, 9.17) is 9.47 Å². The van der Waals surface area contributed by atoms with Crippen LogP contribution < -0.4 is 0 Å². The minimum Gasteiger partial charge on any atom is -0.381 e. The summed E-state index contributed by atoms with van der Waals surface area (Å²) in [7, 11) is 0. The molecule has 3 atom stereocenters. The van der Waals surface area contributed by atoms with Crippen molar-refractivity contribution in [3.63, 3.8) is 0 Å². The van der Waals surface area contributed by atoms with Gasteiger partial charge in [0.05, 0.1) is 12.2 Å². The normalized spacial score (nSPS) is 43.5. The van der Waals surface area contributed by atoms with Gasteiger partial charge in [0.15, 0.2) is 0 Å². The van der Waals surface area contributed by atoms with E-state index in [1.54, 1.807) is 0 Å². The van der Waals surface area contributed by atoms with Gasteiger partial charge >= 0.3 is 0 Å². The summed E-state index contributed by atoms with van der Waals surface area (Å²) in [5.74, 6) is 2.63. The summed E-state index contributed by atoms with van der Waals surface area (Å²) >= 11 is 0. The van der Waals surface area contributed by atoms with Crippen LogP contribution in [0.2, 0.25) is 0 Å². The molecule has 2 nitrogen and oxygen atoms in total. The van der Waals surface area contributed by atoms with Gasteiger partial charge in [-0.15, -0.1) is 0 Å². The molecule has 2 heteroatoms. The molecule has 0 aromatic rings. The minimum absolute atomic E-state index is 0.604. The molecule has 0 bridgehead atoms. The molecule has 0 aromatic heterocycles. The summed E-state index contributed by atoms with van der Waals surface area (Å²) < 4.78 is 11.6. The highest BCUT2D eigenvalue weighted by Crippen LogP contribution is 2.39. The summed E-state index contributed by atoms with van der Waals surface area (Å²) in [5.41, 5.74) is 0. The summed E-state index contributed by atoms with van der Waals surface area (Å²) in [5, 5.41) is 0. The fourth-order valence-electron chi connectivity index (χ4n) is 3.85. The van der Waals surface area contributed by atoms with E-state index in [1.807, 2.05) is 0 Å². The predicted molar refractivity (Wildman–Crippen MR) is 72.6 cm³/mol. The van der Waals surface area contributed by atoms with E-state index in [1.165, 1.54) is 51.4 Å². The first-order chi connectivity index (χ1) is 8.85. The van der Waals surface area contributed by atoms with E-state index in [0.29, 0.717) is 12.2 Å². The van der Waals surface area contributed by atoms with Crippen LogP contribution in [0.3, 0.4) is 0 Å². The van der Waals surface area contributed by atoms with Gasteiger partial charge in [-0.05, 0) is 49.9 Å². The molecule has 0 radical (unpaired) electrons. The van der Waals surface area contributed by atoms with Crippen LogP contribution in [0.25, 0.3) is 0 Å². The molecule has 3 fully saturated rings. The largest absolute Gasteiger partial charge is 0.381 e. The van der Waals surface area contributed by atoms with Crippen molar-refractivity contribution < 1.29 is 9.47 Å². The van der Waals surface area contributed by atoms with E-state index in [-0.39, 0.29) is 0 Å². The molecule has 18 heavy (non-hydrogen) atoms. The van der Waals surface area contributed by atoms with Crippen molar-refractivity contribution >= 4 is 0 Å². The molecular weight excluding hydrogens is 224 g/mol. The van der Waals surface area contributed by atoms with Gasteiger partial charge in [-0.2, -0.15) is 0 Å². The van der Waals surface area contributed by atoms with Gasteiger partial charge in [-0.3, -0.25) is 0 Å². The van der Waals surface area contributed by atoms with Crippen LogP contribution in [-0.4, -0.2) is 25.4 Å². The molecule has 0 aromatic carbocycles. The third-order valence-corrected chi connectivity index (χ3v) is 5.36. The SMILES string of the molecule is CCC1CCC(COCC2CCC3OC3C2)CC1. The summed E-state index contributed by atoms with van der Waals surface area (Å²) in [4.78, 5) is 0. The Kier molecular flexibility index (Phi) is 4.25. The number of rotatable bonds is 5. The lowest BCUT2D eigenvalue weighted by Gasteiger charge is -2.28. The molecule has 2 saturated carbocycles. The maximum Gasteiger partial charge on any atom is 0.0845 e. The zero-order valence-electron chi connectivity index (χ0n) is 11.8. The van der Waals surface area contributed by atoms with E-state index in [2.05, 4.69) is 6.92 Å². The molecule has 1 aliphatic heterocycles. The first-order valence-corrected chi connectivity index (χ1v) is 8.08. The maximum atomic E-state index is 5.99. The van der Waals surface area contributed by atoms with Gasteiger partial charge < -0.3 is 9.47 Å². The zero-order valence-corrected chi connectivity index (χ0v) is 11.8. The van der Waals surface area contributed by atoms with Gasteiger partial charge in [0, 0.05) is 13.2 Å². The van der Waals surface area contributed by atoms with Crippen molar-refractivity contribution in [2.24, 2.45) is 17.8 Å². The Morgan fingerprint density at radius 2 is 1.50 bits per heavy atom. The van der Waals surface area contributed by atoms with Gasteiger partial charge in [-0.1, -0.05) is 26.2 Å². The number of epoxide rings is 1. The molecule has 0 spiro atoms. The number of ether oxygens (including phenoxy) is 2. The van der Waals surface area contributed by atoms with E-state index >= 15 is 0 Å². The second-order valence-electron chi connectivity index (χ2n) is 6.72. The van der Waals surface area contributed by atoms with Crippen LogP contribution in [0.5, 0.6) is 0 Å². The van der Waals surface area contributed by atoms with E-state index in [9.17, 15) is 0 Å². The smallest absolute Gasteiger partial charge is 0.0845 e. The van der Waals surface area contributed by atoms with Gasteiger partial charge in [-0.25, -0.2) is 0 Å². The second kappa shape index (κ2) is 5.92. The van der Waals surface area contributed by atoms with Crippen molar-refractivity contribution in [1.29, 1.82) is 0 Å². The molecule has 3 unspecified atom stereocenters. The molecule has 0 N–H and O–H groups in total. The maximum absolute atomic E-state index is 5.99. The Morgan fingerprint density at radius 3 is 2.22 bits per heavy atom. The van der Waals surface area contributed by atoms with Crippen molar-refractivity contribution in [3.05, 3.63) is 0 Å². The van der Waals surface area contributed by atoms with Crippen molar-refractivity contribution in [2.45, 2.75) is 70.5 Å². The molecule has 1 saturated heterocycles. The standard InChI is InChI=1S/C16H28O2/c1-2-12-3-5-13(6-4-12)10-17-11-14-7-8-15-16(9-14)18-15/h12-16H,2-11H2,1H3. The first-order valence-electron chi connectivity index (χ1n) is 8.08. The Balaban J connectivity index is 1.28. The van der Waals surface area contributed by atoms with Crippen molar-refractivity contribution in [1.82, 2.24) is 0 Å². The number of hydrogen-bond donors (Lipinski definition) is 0. The Morgan fingerprint density at radius 1 is 0.833 bits per heavy atom. The topological polar surface area (TPSA) is 21.8 Å². The number of fused-ring (bicyclic) bond motifs is 1. The number of hydrogen-bond acceptors (Lipinski definition) is 2. The van der Waals surface area contributed by atoms with E-state index < -0.39 is 0 Å². The molecule has 2 aliphatic carbocycles. The third kappa shape index (κ3) is 3.27. The van der Waals surface area contributed by atoms with Crippen LogP contribution >= 0.6 is 0 Å². The fourth-order valence-corrected chi connectivity index (χ4v) is 3.85. The first kappa shape index (κ1) is 12.9. The van der Waals surface area contributed by atoms with Gasteiger partial charge in [0.1, 0.15) is 0 Å². The highest BCUT2D eigenvalue weighted by Gasteiger charge is 2.43. The summed E-state index contributed by atoms with van der Waals surface area (Å²) in [6, 6.07) is 0. The van der Waals surface area contributed by atoms with Crippen LogP contribution in [0, 0.1) is 17.8 Å². The fraction of sp³-hybridized carbons (Fsp3) is 1.00. The quantitative estimate of drug-likeness (QED) is 0.694. The Hall–Kier alpha value is -0.0800. The third-order valence-electron chi connectivity index (χ3n) is 5.36. The molecule has 3 aliphatic rings. The van der Waals surface area contributed by atoms with Crippen LogP contribution in [-0.2, 0) is 9.47 Å².